The third kappa shape index (κ3) is 4.99. The number of carboxylic acids is 1. The number of carbonyl (C=O) groups is 2. The molecule has 0 fully saturated rings. The zero-order chi connectivity index (χ0) is 14.6. The molecule has 0 bridgehead atoms. The van der Waals surface area contributed by atoms with Gasteiger partial charge in [-0.2, -0.15) is 5.10 Å². The first-order chi connectivity index (χ1) is 8.69. The Kier molecular flexibility index (Phi) is 4.52. The van der Waals surface area contributed by atoms with Crippen LogP contribution in [-0.2, 0) is 11.3 Å². The molecule has 1 aromatic rings. The molecule has 0 spiro atoms. The molecule has 0 saturated carbocycles. The molecule has 0 aromatic carbocycles. The molecule has 2 N–H and O–H groups in total. The summed E-state index contributed by atoms with van der Waals surface area (Å²) in [5.74, 6) is -1.07. The van der Waals surface area contributed by atoms with Gasteiger partial charge in [-0.1, -0.05) is 0 Å². The fraction of sp³-hybridized carbons (Fsp3) is 0.583. The van der Waals surface area contributed by atoms with E-state index in [0.29, 0.717) is 13.1 Å². The van der Waals surface area contributed by atoms with Crippen LogP contribution in [0, 0.1) is 6.92 Å². The number of alkyl carbamates (subject to hydrolysis) is 1. The maximum atomic E-state index is 11.4. The molecule has 1 amide bonds. The number of nitrogens with one attached hydrogen (secondary N) is 1. The summed E-state index contributed by atoms with van der Waals surface area (Å²) in [6.45, 7) is 7.80. The largest absolute Gasteiger partial charge is 0.476 e. The van der Waals surface area contributed by atoms with E-state index < -0.39 is 17.7 Å². The van der Waals surface area contributed by atoms with Gasteiger partial charge in [0.2, 0.25) is 0 Å². The molecule has 0 radical (unpaired) electrons. The van der Waals surface area contributed by atoms with Crippen molar-refractivity contribution in [1.82, 2.24) is 15.1 Å². The van der Waals surface area contributed by atoms with Crippen LogP contribution in [-0.4, -0.2) is 39.1 Å². The van der Waals surface area contributed by atoms with Gasteiger partial charge in [-0.3, -0.25) is 4.68 Å². The SMILES string of the molecule is Cc1cc(C(=O)O)nn1CCNC(=O)OC(C)(C)C. The molecule has 7 nitrogen and oxygen atoms in total. The number of amides is 1. The number of ether oxygens (including phenoxy) is 1. The van der Waals surface area contributed by atoms with Gasteiger partial charge in [0.25, 0.3) is 0 Å². The number of rotatable bonds is 4. The minimum atomic E-state index is -1.07. The molecule has 0 aliphatic carbocycles. The lowest BCUT2D eigenvalue weighted by Gasteiger charge is -2.19. The molecule has 0 aliphatic heterocycles. The number of hydrogen-bond acceptors (Lipinski definition) is 4. The molecule has 19 heavy (non-hydrogen) atoms. The van der Waals surface area contributed by atoms with E-state index in [9.17, 15) is 9.59 Å². The van der Waals surface area contributed by atoms with E-state index in [2.05, 4.69) is 10.4 Å². The van der Waals surface area contributed by atoms with E-state index >= 15 is 0 Å². The Hall–Kier alpha value is -2.05. The van der Waals surface area contributed by atoms with Crippen LogP contribution in [0.4, 0.5) is 4.79 Å². The molecule has 7 heteroatoms. The molecule has 0 atom stereocenters. The van der Waals surface area contributed by atoms with Gasteiger partial charge in [-0.25, -0.2) is 9.59 Å². The van der Waals surface area contributed by atoms with Gasteiger partial charge in [0.05, 0.1) is 6.54 Å². The number of aromatic nitrogens is 2. The van der Waals surface area contributed by atoms with E-state index in [4.69, 9.17) is 9.84 Å². The van der Waals surface area contributed by atoms with Crippen molar-refractivity contribution >= 4 is 12.1 Å². The molecule has 106 valence electrons. The van der Waals surface area contributed by atoms with Crippen LogP contribution in [0.3, 0.4) is 0 Å². The zero-order valence-electron chi connectivity index (χ0n) is 11.6. The van der Waals surface area contributed by atoms with Gasteiger partial charge in [0, 0.05) is 12.2 Å². The number of nitrogens with zero attached hydrogens (tertiary/aromatic N) is 2. The molecule has 0 aliphatic rings. The highest BCUT2D eigenvalue weighted by Crippen LogP contribution is 2.06. The van der Waals surface area contributed by atoms with Crippen molar-refractivity contribution in [2.45, 2.75) is 39.8 Å². The number of aryl methyl sites for hydroxylation is 1. The lowest BCUT2D eigenvalue weighted by Crippen LogP contribution is -2.34. The average Bonchev–Trinajstić information content (AvgIpc) is 2.58. The van der Waals surface area contributed by atoms with E-state index in [1.807, 2.05) is 0 Å². The molecule has 1 aromatic heterocycles. The fourth-order valence-corrected chi connectivity index (χ4v) is 1.42. The first kappa shape index (κ1) is 15.0. The van der Waals surface area contributed by atoms with E-state index in [1.54, 1.807) is 27.7 Å². The van der Waals surface area contributed by atoms with Crippen LogP contribution in [0.2, 0.25) is 0 Å². The van der Waals surface area contributed by atoms with Gasteiger partial charge in [0.1, 0.15) is 5.60 Å². The predicted molar refractivity (Wildman–Crippen MR) is 68.2 cm³/mol. The van der Waals surface area contributed by atoms with Gasteiger partial charge in [-0.15, -0.1) is 0 Å². The molecule has 1 rings (SSSR count). The maximum absolute atomic E-state index is 11.4. The van der Waals surface area contributed by atoms with Gasteiger partial charge in [0.15, 0.2) is 5.69 Å². The number of carbonyl (C=O) groups excluding carboxylic acids is 1. The third-order valence-corrected chi connectivity index (χ3v) is 2.19. The van der Waals surface area contributed by atoms with Crippen LogP contribution < -0.4 is 5.32 Å². The Morgan fingerprint density at radius 1 is 1.47 bits per heavy atom. The predicted octanol–water partition coefficient (Wildman–Crippen LogP) is 1.41. The summed E-state index contributed by atoms with van der Waals surface area (Å²) in [6, 6.07) is 1.48. The van der Waals surface area contributed by atoms with Crippen molar-refractivity contribution in [2.75, 3.05) is 6.54 Å². The highest BCUT2D eigenvalue weighted by atomic mass is 16.6. The van der Waals surface area contributed by atoms with Crippen LogP contribution in [0.1, 0.15) is 37.0 Å². The highest BCUT2D eigenvalue weighted by molar-refractivity contribution is 5.85. The van der Waals surface area contributed by atoms with E-state index in [1.165, 1.54) is 10.7 Å². The normalized spacial score (nSPS) is 11.2. The minimum absolute atomic E-state index is 0.00484. The minimum Gasteiger partial charge on any atom is -0.476 e. The van der Waals surface area contributed by atoms with E-state index in [-0.39, 0.29) is 5.69 Å². The standard InChI is InChI=1S/C12H19N3O4/c1-8-7-9(10(16)17)14-15(8)6-5-13-11(18)19-12(2,3)4/h7H,5-6H2,1-4H3,(H,13,18)(H,16,17). The first-order valence-corrected chi connectivity index (χ1v) is 5.93. The van der Waals surface area contributed by atoms with Gasteiger partial charge in [-0.05, 0) is 33.8 Å². The molecular weight excluding hydrogens is 250 g/mol. The van der Waals surface area contributed by atoms with Crippen LogP contribution in [0.25, 0.3) is 0 Å². The quantitative estimate of drug-likeness (QED) is 0.862. The topological polar surface area (TPSA) is 93.5 Å². The fourth-order valence-electron chi connectivity index (χ4n) is 1.42. The Morgan fingerprint density at radius 3 is 2.58 bits per heavy atom. The molecule has 0 saturated heterocycles. The number of hydrogen-bond donors (Lipinski definition) is 2. The molecule has 0 unspecified atom stereocenters. The summed E-state index contributed by atoms with van der Waals surface area (Å²) in [5, 5.41) is 15.3. The van der Waals surface area contributed by atoms with Gasteiger partial charge >= 0.3 is 12.1 Å². The van der Waals surface area contributed by atoms with E-state index in [0.717, 1.165) is 5.69 Å². The summed E-state index contributed by atoms with van der Waals surface area (Å²) in [5.41, 5.74) is 0.181. The summed E-state index contributed by atoms with van der Waals surface area (Å²) in [6.07, 6.45) is -0.504. The number of aromatic carboxylic acids is 1. The molecular formula is C12H19N3O4. The van der Waals surface area contributed by atoms with Crippen LogP contribution in [0.15, 0.2) is 6.07 Å². The summed E-state index contributed by atoms with van der Waals surface area (Å²) < 4.78 is 6.60. The van der Waals surface area contributed by atoms with Crippen molar-refractivity contribution < 1.29 is 19.4 Å². The highest BCUT2D eigenvalue weighted by Gasteiger charge is 2.16. The summed E-state index contributed by atoms with van der Waals surface area (Å²) in [4.78, 5) is 22.1. The maximum Gasteiger partial charge on any atom is 0.407 e. The van der Waals surface area contributed by atoms with Crippen LogP contribution >= 0.6 is 0 Å². The van der Waals surface area contributed by atoms with Gasteiger partial charge < -0.3 is 15.2 Å². The second kappa shape index (κ2) is 5.73. The number of carboxylic acid groups (broad SMARTS) is 1. The third-order valence-electron chi connectivity index (χ3n) is 2.19. The lowest BCUT2D eigenvalue weighted by atomic mass is 10.2. The lowest BCUT2D eigenvalue weighted by molar-refractivity contribution is 0.0524. The van der Waals surface area contributed by atoms with Crippen molar-refractivity contribution in [3.63, 3.8) is 0 Å². The van der Waals surface area contributed by atoms with Crippen molar-refractivity contribution in [3.8, 4) is 0 Å². The Morgan fingerprint density at radius 2 is 2.11 bits per heavy atom. The zero-order valence-corrected chi connectivity index (χ0v) is 11.6. The summed E-state index contributed by atoms with van der Waals surface area (Å²) in [7, 11) is 0. The second-order valence-corrected chi connectivity index (χ2v) is 5.13. The smallest absolute Gasteiger partial charge is 0.407 e. The monoisotopic (exact) mass is 269 g/mol. The van der Waals surface area contributed by atoms with Crippen molar-refractivity contribution in [1.29, 1.82) is 0 Å². The van der Waals surface area contributed by atoms with Crippen LogP contribution in [0.5, 0.6) is 0 Å². The Balaban J connectivity index is 2.45. The Bertz CT molecular complexity index is 474. The molecule has 1 heterocycles. The summed E-state index contributed by atoms with van der Waals surface area (Å²) >= 11 is 0. The van der Waals surface area contributed by atoms with Crippen molar-refractivity contribution in [2.24, 2.45) is 0 Å². The second-order valence-electron chi connectivity index (χ2n) is 5.13. The van der Waals surface area contributed by atoms with Crippen molar-refractivity contribution in [3.05, 3.63) is 17.5 Å². The average molecular weight is 269 g/mol. The Labute approximate surface area is 111 Å². The first-order valence-electron chi connectivity index (χ1n) is 5.93.